The number of rotatable bonds is 3. The van der Waals surface area contributed by atoms with E-state index < -0.39 is 0 Å². The number of carbonyl (C=O) groups is 1. The molecule has 0 unspecified atom stereocenters. The predicted molar refractivity (Wildman–Crippen MR) is 61.5 cm³/mol. The summed E-state index contributed by atoms with van der Waals surface area (Å²) in [5, 5.41) is 12.8. The molecule has 0 spiro atoms. The molecule has 0 aliphatic carbocycles. The van der Waals surface area contributed by atoms with Gasteiger partial charge in [0, 0.05) is 38.4 Å². The van der Waals surface area contributed by atoms with Gasteiger partial charge in [-0.25, -0.2) is 0 Å². The molecule has 0 bridgehead atoms. The van der Waals surface area contributed by atoms with Gasteiger partial charge in [0.1, 0.15) is 5.76 Å². The number of carbonyl (C=O) groups excluding carboxylic acids is 1. The summed E-state index contributed by atoms with van der Waals surface area (Å²) in [6.45, 7) is 3.28. The highest BCUT2D eigenvalue weighted by Gasteiger charge is 2.24. The molecule has 1 amide bonds. The minimum atomic E-state index is 0.0808. The van der Waals surface area contributed by atoms with Crippen LogP contribution in [0.2, 0.25) is 0 Å². The van der Waals surface area contributed by atoms with Crippen molar-refractivity contribution in [2.75, 3.05) is 19.7 Å². The number of hydrogen-bond donors (Lipinski definition) is 1. The highest BCUT2D eigenvalue weighted by Crippen LogP contribution is 2.27. The van der Waals surface area contributed by atoms with E-state index >= 15 is 0 Å². The predicted octanol–water partition coefficient (Wildman–Crippen LogP) is 0.935. The Morgan fingerprint density at radius 2 is 2.29 bits per heavy atom. The third kappa shape index (κ3) is 2.85. The lowest BCUT2D eigenvalue weighted by atomic mass is 9.93. The van der Waals surface area contributed by atoms with E-state index in [4.69, 9.17) is 9.63 Å². The number of aromatic nitrogens is 1. The zero-order chi connectivity index (χ0) is 12.3. The lowest BCUT2D eigenvalue weighted by Crippen LogP contribution is -2.36. The molecule has 0 atom stereocenters. The lowest BCUT2D eigenvalue weighted by molar-refractivity contribution is -0.129. The molecule has 2 rings (SSSR count). The number of hydrogen-bond acceptors (Lipinski definition) is 4. The summed E-state index contributed by atoms with van der Waals surface area (Å²) in [5.41, 5.74) is 0.955. The second-order valence-electron chi connectivity index (χ2n) is 4.47. The van der Waals surface area contributed by atoms with Crippen LogP contribution in [-0.2, 0) is 11.2 Å². The largest absolute Gasteiger partial charge is 0.396 e. The maximum atomic E-state index is 11.2. The van der Waals surface area contributed by atoms with Crippen molar-refractivity contribution in [3.63, 3.8) is 0 Å². The van der Waals surface area contributed by atoms with Crippen LogP contribution in [0.1, 0.15) is 37.1 Å². The van der Waals surface area contributed by atoms with Crippen LogP contribution in [0.25, 0.3) is 0 Å². The fourth-order valence-electron chi connectivity index (χ4n) is 2.24. The van der Waals surface area contributed by atoms with Crippen LogP contribution >= 0.6 is 0 Å². The van der Waals surface area contributed by atoms with E-state index in [1.807, 2.05) is 11.0 Å². The molecule has 0 saturated carbocycles. The fourth-order valence-corrected chi connectivity index (χ4v) is 2.24. The number of aliphatic hydroxyl groups is 1. The molecule has 1 aliphatic heterocycles. The Hall–Kier alpha value is -1.36. The van der Waals surface area contributed by atoms with Crippen LogP contribution in [0.3, 0.4) is 0 Å². The average molecular weight is 238 g/mol. The van der Waals surface area contributed by atoms with Crippen molar-refractivity contribution in [2.45, 2.75) is 32.1 Å². The molecule has 1 saturated heterocycles. The van der Waals surface area contributed by atoms with Gasteiger partial charge in [-0.05, 0) is 12.8 Å². The second-order valence-corrected chi connectivity index (χ2v) is 4.47. The third-order valence-electron chi connectivity index (χ3n) is 3.29. The van der Waals surface area contributed by atoms with Gasteiger partial charge in [0.25, 0.3) is 0 Å². The molecule has 0 radical (unpaired) electrons. The van der Waals surface area contributed by atoms with Gasteiger partial charge < -0.3 is 14.5 Å². The van der Waals surface area contributed by atoms with Crippen LogP contribution < -0.4 is 0 Å². The average Bonchev–Trinajstić information content (AvgIpc) is 2.78. The monoisotopic (exact) mass is 238 g/mol. The number of amides is 1. The van der Waals surface area contributed by atoms with E-state index in [-0.39, 0.29) is 12.5 Å². The van der Waals surface area contributed by atoms with E-state index in [0.29, 0.717) is 12.3 Å². The lowest BCUT2D eigenvalue weighted by Gasteiger charge is -2.30. The van der Waals surface area contributed by atoms with E-state index in [9.17, 15) is 4.79 Å². The third-order valence-corrected chi connectivity index (χ3v) is 3.29. The Morgan fingerprint density at radius 3 is 2.88 bits per heavy atom. The van der Waals surface area contributed by atoms with Crippen molar-refractivity contribution in [3.05, 3.63) is 17.5 Å². The van der Waals surface area contributed by atoms with Gasteiger partial charge in [0.2, 0.25) is 5.91 Å². The summed E-state index contributed by atoms with van der Waals surface area (Å²) in [7, 11) is 0. The van der Waals surface area contributed by atoms with Crippen LogP contribution in [0.4, 0.5) is 0 Å². The van der Waals surface area contributed by atoms with Crippen LogP contribution in [0, 0.1) is 0 Å². The topological polar surface area (TPSA) is 66.6 Å². The van der Waals surface area contributed by atoms with Crippen LogP contribution in [0.15, 0.2) is 10.6 Å². The maximum absolute atomic E-state index is 11.2. The summed E-state index contributed by atoms with van der Waals surface area (Å²) in [6, 6.07) is 1.92. The Balaban J connectivity index is 1.93. The molecular weight excluding hydrogens is 220 g/mol. The Morgan fingerprint density at radius 1 is 1.59 bits per heavy atom. The van der Waals surface area contributed by atoms with E-state index in [1.165, 1.54) is 0 Å². The fraction of sp³-hybridized carbons (Fsp3) is 0.667. The molecule has 2 heterocycles. The number of nitrogens with zero attached hydrogens (tertiary/aromatic N) is 2. The molecule has 1 aliphatic rings. The molecule has 0 aromatic carbocycles. The van der Waals surface area contributed by atoms with Gasteiger partial charge in [-0.1, -0.05) is 5.16 Å². The first kappa shape index (κ1) is 12.1. The Labute approximate surface area is 100 Å². The van der Waals surface area contributed by atoms with Crippen LogP contribution in [0.5, 0.6) is 0 Å². The van der Waals surface area contributed by atoms with Gasteiger partial charge in [-0.15, -0.1) is 0 Å². The van der Waals surface area contributed by atoms with Crippen molar-refractivity contribution in [2.24, 2.45) is 0 Å². The highest BCUT2D eigenvalue weighted by molar-refractivity contribution is 5.73. The standard InChI is InChI=1S/C12H18N2O3/c1-9(16)14-5-2-10(3-6-14)12-8-11(4-7-15)17-13-12/h8,10,15H,2-7H2,1H3. The zero-order valence-corrected chi connectivity index (χ0v) is 10.1. The summed E-state index contributed by atoms with van der Waals surface area (Å²) in [4.78, 5) is 13.1. The second kappa shape index (κ2) is 5.31. The summed E-state index contributed by atoms with van der Waals surface area (Å²) in [6.07, 6.45) is 2.38. The van der Waals surface area contributed by atoms with Crippen molar-refractivity contribution in [1.29, 1.82) is 0 Å². The van der Waals surface area contributed by atoms with Crippen LogP contribution in [-0.4, -0.2) is 40.8 Å². The molecule has 5 nitrogen and oxygen atoms in total. The molecule has 1 aromatic rings. The van der Waals surface area contributed by atoms with Gasteiger partial charge in [-0.3, -0.25) is 4.79 Å². The summed E-state index contributed by atoms with van der Waals surface area (Å²) in [5.74, 6) is 1.25. The maximum Gasteiger partial charge on any atom is 0.219 e. The summed E-state index contributed by atoms with van der Waals surface area (Å²) >= 11 is 0. The number of piperidine rings is 1. The minimum absolute atomic E-state index is 0.0808. The van der Waals surface area contributed by atoms with E-state index in [0.717, 1.165) is 37.4 Å². The van der Waals surface area contributed by atoms with Crippen molar-refractivity contribution in [3.8, 4) is 0 Å². The quantitative estimate of drug-likeness (QED) is 0.851. The SMILES string of the molecule is CC(=O)N1CCC(c2cc(CCO)on2)CC1. The first-order valence-electron chi connectivity index (χ1n) is 6.02. The summed E-state index contributed by atoms with van der Waals surface area (Å²) < 4.78 is 5.14. The zero-order valence-electron chi connectivity index (χ0n) is 10.1. The smallest absolute Gasteiger partial charge is 0.219 e. The molecular formula is C12H18N2O3. The minimum Gasteiger partial charge on any atom is -0.396 e. The molecule has 1 aromatic heterocycles. The van der Waals surface area contributed by atoms with Crippen molar-refractivity contribution in [1.82, 2.24) is 10.1 Å². The van der Waals surface area contributed by atoms with E-state index in [1.54, 1.807) is 6.92 Å². The normalized spacial score (nSPS) is 17.4. The first-order chi connectivity index (χ1) is 8.20. The molecule has 17 heavy (non-hydrogen) atoms. The Kier molecular flexibility index (Phi) is 3.78. The van der Waals surface area contributed by atoms with Crippen molar-refractivity contribution < 1.29 is 14.4 Å². The van der Waals surface area contributed by atoms with Gasteiger partial charge >= 0.3 is 0 Å². The van der Waals surface area contributed by atoms with Gasteiger partial charge in [-0.2, -0.15) is 0 Å². The van der Waals surface area contributed by atoms with Crippen molar-refractivity contribution >= 4 is 5.91 Å². The Bertz CT molecular complexity index is 381. The van der Waals surface area contributed by atoms with Gasteiger partial charge in [0.05, 0.1) is 12.3 Å². The number of aliphatic hydroxyl groups excluding tert-OH is 1. The molecule has 94 valence electrons. The van der Waals surface area contributed by atoms with Gasteiger partial charge in [0.15, 0.2) is 0 Å². The van der Waals surface area contributed by atoms with E-state index in [2.05, 4.69) is 5.16 Å². The highest BCUT2D eigenvalue weighted by atomic mass is 16.5. The number of likely N-dealkylation sites (tertiary alicyclic amines) is 1. The molecule has 5 heteroatoms. The first-order valence-corrected chi connectivity index (χ1v) is 6.02. The molecule has 1 fully saturated rings. The molecule has 1 N–H and O–H groups in total.